The molecule has 0 N–H and O–H groups in total. The minimum absolute atomic E-state index is 0.00621. The number of hydrogen-bond acceptors (Lipinski definition) is 4. The van der Waals surface area contributed by atoms with Crippen LogP contribution in [0.25, 0.3) is 0 Å². The number of benzene rings is 1. The van der Waals surface area contributed by atoms with Gasteiger partial charge in [0.25, 0.3) is 0 Å². The topological polar surface area (TPSA) is 52.6 Å². The van der Waals surface area contributed by atoms with Gasteiger partial charge in [0.1, 0.15) is 12.2 Å². The molecule has 0 aromatic heterocycles. The molecule has 1 aliphatic rings. The van der Waals surface area contributed by atoms with Crippen LogP contribution in [0.2, 0.25) is 0 Å². The molecule has 1 aliphatic carbocycles. The minimum atomic E-state index is -0.519. The second-order valence-electron chi connectivity index (χ2n) is 7.81. The number of hydrogen-bond donors (Lipinski definition) is 0. The maximum atomic E-state index is 12.3. The largest absolute Gasteiger partial charge is 0.461 e. The molecule has 0 heterocycles. The van der Waals surface area contributed by atoms with Gasteiger partial charge in [0.05, 0.1) is 5.92 Å². The van der Waals surface area contributed by atoms with Gasteiger partial charge in [0.15, 0.2) is 0 Å². The van der Waals surface area contributed by atoms with Crippen molar-refractivity contribution in [2.24, 2.45) is 17.3 Å². The van der Waals surface area contributed by atoms with Crippen molar-refractivity contribution in [3.8, 4) is 0 Å². The first-order valence-corrected chi connectivity index (χ1v) is 8.23. The van der Waals surface area contributed by atoms with Gasteiger partial charge in [-0.15, -0.1) is 0 Å². The first-order valence-electron chi connectivity index (χ1n) is 8.23. The van der Waals surface area contributed by atoms with E-state index in [1.165, 1.54) is 6.08 Å². The molecule has 4 nitrogen and oxygen atoms in total. The average Bonchev–Trinajstić information content (AvgIpc) is 3.03. The zero-order valence-electron chi connectivity index (χ0n) is 15.0. The molecule has 0 bridgehead atoms. The maximum Gasteiger partial charge on any atom is 0.330 e. The van der Waals surface area contributed by atoms with Crippen LogP contribution < -0.4 is 0 Å². The lowest BCUT2D eigenvalue weighted by molar-refractivity contribution is -0.149. The van der Waals surface area contributed by atoms with Gasteiger partial charge in [-0.05, 0) is 37.7 Å². The number of esters is 2. The summed E-state index contributed by atoms with van der Waals surface area (Å²) in [5.74, 6) is -0.836. The molecule has 1 aromatic rings. The van der Waals surface area contributed by atoms with Crippen molar-refractivity contribution in [3.63, 3.8) is 0 Å². The Balaban J connectivity index is 1.89. The molecule has 1 fully saturated rings. The van der Waals surface area contributed by atoms with Crippen LogP contribution in [0.4, 0.5) is 0 Å². The summed E-state index contributed by atoms with van der Waals surface area (Å²) in [6, 6.07) is 9.59. The van der Waals surface area contributed by atoms with E-state index in [0.717, 1.165) is 5.56 Å². The van der Waals surface area contributed by atoms with Crippen LogP contribution in [0.1, 0.15) is 40.2 Å². The van der Waals surface area contributed by atoms with Gasteiger partial charge in [-0.1, -0.05) is 50.3 Å². The van der Waals surface area contributed by atoms with Crippen LogP contribution in [-0.4, -0.2) is 17.5 Å². The third-order valence-electron chi connectivity index (χ3n) is 4.23. The highest BCUT2D eigenvalue weighted by molar-refractivity contribution is 5.83. The summed E-state index contributed by atoms with van der Waals surface area (Å²) in [7, 11) is 0. The van der Waals surface area contributed by atoms with E-state index in [1.807, 2.05) is 65.0 Å². The first-order chi connectivity index (χ1) is 11.1. The van der Waals surface area contributed by atoms with E-state index < -0.39 is 5.60 Å². The van der Waals surface area contributed by atoms with Crippen LogP contribution >= 0.6 is 0 Å². The molecule has 2 atom stereocenters. The lowest BCUT2D eigenvalue weighted by atomic mass is 10.1. The Hall–Kier alpha value is -2.10. The van der Waals surface area contributed by atoms with Crippen molar-refractivity contribution in [1.82, 2.24) is 0 Å². The number of rotatable bonds is 5. The summed E-state index contributed by atoms with van der Waals surface area (Å²) in [4.78, 5) is 24.1. The van der Waals surface area contributed by atoms with Gasteiger partial charge >= 0.3 is 11.9 Å². The summed E-state index contributed by atoms with van der Waals surface area (Å²) >= 11 is 0. The second-order valence-corrected chi connectivity index (χ2v) is 7.81. The van der Waals surface area contributed by atoms with Crippen LogP contribution in [0.5, 0.6) is 0 Å². The van der Waals surface area contributed by atoms with Gasteiger partial charge in [0, 0.05) is 6.08 Å². The molecular weight excluding hydrogens is 304 g/mol. The first kappa shape index (κ1) is 18.2. The number of carbonyl (C=O) groups is 2. The third-order valence-corrected chi connectivity index (χ3v) is 4.23. The third kappa shape index (κ3) is 4.70. The number of allylic oxidation sites excluding steroid dienone is 1. The highest BCUT2D eigenvalue weighted by Crippen LogP contribution is 2.59. The Morgan fingerprint density at radius 1 is 1.17 bits per heavy atom. The summed E-state index contributed by atoms with van der Waals surface area (Å²) in [6.45, 7) is 9.75. The molecular formula is C20H26O4. The van der Waals surface area contributed by atoms with E-state index in [9.17, 15) is 9.59 Å². The lowest BCUT2D eigenvalue weighted by Crippen LogP contribution is -2.22. The van der Waals surface area contributed by atoms with Gasteiger partial charge < -0.3 is 9.47 Å². The molecule has 24 heavy (non-hydrogen) atoms. The van der Waals surface area contributed by atoms with Crippen LogP contribution in [0.15, 0.2) is 42.5 Å². The fourth-order valence-corrected chi connectivity index (χ4v) is 2.82. The predicted molar refractivity (Wildman–Crippen MR) is 92.0 cm³/mol. The molecule has 2 rings (SSSR count). The van der Waals surface area contributed by atoms with Crippen LogP contribution in [0, 0.1) is 17.3 Å². The van der Waals surface area contributed by atoms with Crippen LogP contribution in [0.3, 0.4) is 0 Å². The summed E-state index contributed by atoms with van der Waals surface area (Å²) in [5.41, 5.74) is 0.242. The van der Waals surface area contributed by atoms with E-state index in [0.29, 0.717) is 0 Å². The molecule has 0 amide bonds. The van der Waals surface area contributed by atoms with Crippen molar-refractivity contribution in [2.75, 3.05) is 0 Å². The van der Waals surface area contributed by atoms with Gasteiger partial charge in [-0.2, -0.15) is 0 Å². The van der Waals surface area contributed by atoms with Crippen molar-refractivity contribution < 1.29 is 19.1 Å². The van der Waals surface area contributed by atoms with Gasteiger partial charge in [-0.3, -0.25) is 4.79 Å². The standard InChI is InChI=1S/C20H26O4/c1-19(2,3)24-16(21)12-11-15-17(20(15,4)5)18(22)23-13-14-9-7-6-8-10-14/h6-12,15,17H,13H2,1-5H3/b12-11-/t15-,17-/m0/s1. The minimum Gasteiger partial charge on any atom is -0.461 e. The highest BCUT2D eigenvalue weighted by Gasteiger charge is 2.61. The second kappa shape index (κ2) is 6.80. The molecule has 4 heteroatoms. The molecule has 0 unspecified atom stereocenters. The Bertz CT molecular complexity index is 623. The van der Waals surface area contributed by atoms with Crippen molar-refractivity contribution in [2.45, 2.75) is 46.8 Å². The quantitative estimate of drug-likeness (QED) is 0.607. The summed E-state index contributed by atoms with van der Waals surface area (Å²) in [6.07, 6.45) is 3.19. The molecule has 0 spiro atoms. The Morgan fingerprint density at radius 2 is 1.79 bits per heavy atom. The molecule has 0 aliphatic heterocycles. The van der Waals surface area contributed by atoms with E-state index in [2.05, 4.69) is 0 Å². The Labute approximate surface area is 143 Å². The maximum absolute atomic E-state index is 12.3. The van der Waals surface area contributed by atoms with E-state index in [-0.39, 0.29) is 35.8 Å². The molecule has 1 aromatic carbocycles. The number of carbonyl (C=O) groups excluding carboxylic acids is 2. The fourth-order valence-electron chi connectivity index (χ4n) is 2.82. The molecule has 0 radical (unpaired) electrons. The molecule has 0 saturated heterocycles. The van der Waals surface area contributed by atoms with E-state index in [4.69, 9.17) is 9.47 Å². The predicted octanol–water partition coefficient (Wildman–Crippen LogP) is 3.90. The monoisotopic (exact) mass is 330 g/mol. The van der Waals surface area contributed by atoms with E-state index >= 15 is 0 Å². The number of ether oxygens (including phenoxy) is 2. The van der Waals surface area contributed by atoms with Crippen molar-refractivity contribution in [3.05, 3.63) is 48.0 Å². The zero-order valence-corrected chi connectivity index (χ0v) is 15.0. The van der Waals surface area contributed by atoms with E-state index in [1.54, 1.807) is 6.08 Å². The fraction of sp³-hybridized carbons (Fsp3) is 0.500. The van der Waals surface area contributed by atoms with Crippen LogP contribution in [-0.2, 0) is 25.7 Å². The SMILES string of the molecule is CC(C)(C)OC(=O)/C=C\[C@H]1[C@@H](C(=O)OCc2ccccc2)C1(C)C. The molecule has 130 valence electrons. The smallest absolute Gasteiger partial charge is 0.330 e. The Morgan fingerprint density at radius 3 is 2.38 bits per heavy atom. The van der Waals surface area contributed by atoms with Gasteiger partial charge in [-0.25, -0.2) is 4.79 Å². The average molecular weight is 330 g/mol. The zero-order chi connectivity index (χ0) is 18.0. The lowest BCUT2D eigenvalue weighted by Gasteiger charge is -2.17. The highest BCUT2D eigenvalue weighted by atomic mass is 16.6. The van der Waals surface area contributed by atoms with Gasteiger partial charge in [0.2, 0.25) is 0 Å². The summed E-state index contributed by atoms with van der Waals surface area (Å²) in [5, 5.41) is 0. The van der Waals surface area contributed by atoms with Crippen molar-refractivity contribution >= 4 is 11.9 Å². The Kier molecular flexibility index (Phi) is 5.16. The molecule has 1 saturated carbocycles. The van der Waals surface area contributed by atoms with Crippen molar-refractivity contribution in [1.29, 1.82) is 0 Å². The summed E-state index contributed by atoms with van der Waals surface area (Å²) < 4.78 is 10.7. The normalized spacial score (nSPS) is 22.2.